The van der Waals surface area contributed by atoms with E-state index < -0.39 is 44.5 Å². The van der Waals surface area contributed by atoms with E-state index in [-0.39, 0.29) is 32.0 Å². The van der Waals surface area contributed by atoms with E-state index in [1.54, 1.807) is 0 Å². The van der Waals surface area contributed by atoms with Gasteiger partial charge in [-0.1, -0.05) is 6.07 Å². The highest BCUT2D eigenvalue weighted by Crippen LogP contribution is 2.20. The molecule has 2 aliphatic rings. The number of nitrogens with one attached hydrogen (secondary N) is 2. The van der Waals surface area contributed by atoms with Crippen LogP contribution in [0, 0.1) is 11.6 Å². The number of sulfonamides is 1. The topological polar surface area (TPSA) is 116 Å². The van der Waals surface area contributed by atoms with E-state index in [1.165, 1.54) is 4.90 Å². The number of likely N-dealkylation sites (tertiary alicyclic amines) is 1. The molecule has 12 heteroatoms. The number of imide groups is 1. The maximum atomic E-state index is 13.6. The van der Waals surface area contributed by atoms with E-state index in [1.807, 2.05) is 4.72 Å². The van der Waals surface area contributed by atoms with Crippen molar-refractivity contribution in [2.75, 3.05) is 26.2 Å². The SMILES string of the molecule is O=C(CCNS(=O)(=O)c1c(F)cccc1F)N1CCC(N2C(=O)CNC2=O)C1. The summed E-state index contributed by atoms with van der Waals surface area (Å²) in [7, 11) is -4.46. The van der Waals surface area contributed by atoms with Crippen LogP contribution in [0.15, 0.2) is 23.1 Å². The Kier molecular flexibility index (Phi) is 5.61. The smallest absolute Gasteiger partial charge is 0.324 e. The average molecular weight is 416 g/mol. The van der Waals surface area contributed by atoms with Crippen LogP contribution < -0.4 is 10.0 Å². The molecule has 0 saturated carbocycles. The fourth-order valence-electron chi connectivity index (χ4n) is 3.25. The minimum absolute atomic E-state index is 0.0718. The van der Waals surface area contributed by atoms with Crippen LogP contribution >= 0.6 is 0 Å². The van der Waals surface area contributed by atoms with Crippen molar-refractivity contribution in [3.05, 3.63) is 29.8 Å². The van der Waals surface area contributed by atoms with Crippen molar-refractivity contribution in [1.82, 2.24) is 19.8 Å². The zero-order valence-corrected chi connectivity index (χ0v) is 15.5. The van der Waals surface area contributed by atoms with Crippen molar-refractivity contribution in [3.63, 3.8) is 0 Å². The van der Waals surface area contributed by atoms with Crippen LogP contribution in [0.25, 0.3) is 0 Å². The summed E-state index contributed by atoms with van der Waals surface area (Å²) in [6.45, 7) is 0.0544. The van der Waals surface area contributed by atoms with Gasteiger partial charge in [0.1, 0.15) is 11.6 Å². The van der Waals surface area contributed by atoms with Crippen LogP contribution in [-0.2, 0) is 19.6 Å². The fourth-order valence-corrected chi connectivity index (χ4v) is 4.41. The molecule has 1 aromatic rings. The third kappa shape index (κ3) is 3.97. The predicted octanol–water partition coefficient (Wildman–Crippen LogP) is -0.214. The first-order valence-corrected chi connectivity index (χ1v) is 10.0. The van der Waals surface area contributed by atoms with Gasteiger partial charge < -0.3 is 10.2 Å². The average Bonchev–Trinajstić information content (AvgIpc) is 3.21. The van der Waals surface area contributed by atoms with Crippen molar-refractivity contribution in [1.29, 1.82) is 0 Å². The standard InChI is InChI=1S/C16H18F2N4O5S/c17-11-2-1-3-12(18)15(11)28(26,27)20-6-4-13(23)21-7-5-10(9-21)22-14(24)8-19-16(22)25/h1-3,10,20H,4-9H2,(H,19,25). The lowest BCUT2D eigenvalue weighted by atomic mass is 10.2. The molecule has 1 atom stereocenters. The predicted molar refractivity (Wildman–Crippen MR) is 91.4 cm³/mol. The Bertz CT molecular complexity index is 887. The molecule has 4 amide bonds. The first-order chi connectivity index (χ1) is 13.2. The normalized spacial score (nSPS) is 20.0. The Labute approximate surface area is 159 Å². The van der Waals surface area contributed by atoms with Gasteiger partial charge in [-0.15, -0.1) is 0 Å². The van der Waals surface area contributed by atoms with Crippen molar-refractivity contribution < 1.29 is 31.6 Å². The molecule has 2 heterocycles. The minimum atomic E-state index is -4.46. The van der Waals surface area contributed by atoms with Gasteiger partial charge in [-0.3, -0.25) is 14.5 Å². The Hall–Kier alpha value is -2.60. The van der Waals surface area contributed by atoms with E-state index in [0.717, 1.165) is 23.1 Å². The molecule has 2 aliphatic heterocycles. The second-order valence-corrected chi connectivity index (χ2v) is 8.11. The molecule has 2 N–H and O–H groups in total. The molecule has 0 aromatic heterocycles. The van der Waals surface area contributed by atoms with Gasteiger partial charge in [0, 0.05) is 26.1 Å². The summed E-state index contributed by atoms with van der Waals surface area (Å²) in [5, 5.41) is 2.41. The number of urea groups is 1. The van der Waals surface area contributed by atoms with Crippen LogP contribution in [0.3, 0.4) is 0 Å². The van der Waals surface area contributed by atoms with Gasteiger partial charge in [0.05, 0.1) is 12.6 Å². The summed E-state index contributed by atoms with van der Waals surface area (Å²) >= 11 is 0. The second kappa shape index (κ2) is 7.80. The van der Waals surface area contributed by atoms with Gasteiger partial charge in [0.2, 0.25) is 21.8 Å². The van der Waals surface area contributed by atoms with E-state index >= 15 is 0 Å². The lowest BCUT2D eigenvalue weighted by Crippen LogP contribution is -2.43. The van der Waals surface area contributed by atoms with E-state index in [0.29, 0.717) is 13.0 Å². The third-order valence-corrected chi connectivity index (χ3v) is 6.09. The van der Waals surface area contributed by atoms with Gasteiger partial charge in [-0.25, -0.2) is 26.7 Å². The largest absolute Gasteiger partial charge is 0.340 e. The van der Waals surface area contributed by atoms with Crippen molar-refractivity contribution in [2.24, 2.45) is 0 Å². The van der Waals surface area contributed by atoms with Crippen LogP contribution in [0.2, 0.25) is 0 Å². The van der Waals surface area contributed by atoms with E-state index in [2.05, 4.69) is 5.32 Å². The molecular weight excluding hydrogens is 398 g/mol. The molecule has 9 nitrogen and oxygen atoms in total. The lowest BCUT2D eigenvalue weighted by molar-refractivity contribution is -0.131. The van der Waals surface area contributed by atoms with E-state index in [4.69, 9.17) is 0 Å². The van der Waals surface area contributed by atoms with Gasteiger partial charge in [0.15, 0.2) is 4.90 Å². The number of hydrogen-bond acceptors (Lipinski definition) is 5. The van der Waals surface area contributed by atoms with Crippen molar-refractivity contribution >= 4 is 27.9 Å². The molecule has 1 aromatic carbocycles. The monoisotopic (exact) mass is 416 g/mol. The van der Waals surface area contributed by atoms with Crippen LogP contribution in [-0.4, -0.2) is 68.3 Å². The molecule has 3 rings (SSSR count). The number of carbonyl (C=O) groups excluding carboxylic acids is 3. The van der Waals surface area contributed by atoms with E-state index in [9.17, 15) is 31.6 Å². The number of halogens is 2. The van der Waals surface area contributed by atoms with Crippen LogP contribution in [0.5, 0.6) is 0 Å². The first kappa shape index (κ1) is 20.1. The molecule has 152 valence electrons. The Balaban J connectivity index is 1.54. The molecule has 28 heavy (non-hydrogen) atoms. The summed E-state index contributed by atoms with van der Waals surface area (Å²) in [6.07, 6.45) is 0.194. The second-order valence-electron chi connectivity index (χ2n) is 6.40. The summed E-state index contributed by atoms with van der Waals surface area (Å²) in [5.41, 5.74) is 0. The molecule has 1 unspecified atom stereocenters. The van der Waals surface area contributed by atoms with Gasteiger partial charge in [-0.05, 0) is 18.6 Å². The highest BCUT2D eigenvalue weighted by atomic mass is 32.2. The highest BCUT2D eigenvalue weighted by Gasteiger charge is 2.39. The molecular formula is C16H18F2N4O5S. The number of carbonyl (C=O) groups is 3. The lowest BCUT2D eigenvalue weighted by Gasteiger charge is -2.21. The van der Waals surface area contributed by atoms with Crippen LogP contribution in [0.1, 0.15) is 12.8 Å². The fraction of sp³-hybridized carbons (Fsp3) is 0.438. The highest BCUT2D eigenvalue weighted by molar-refractivity contribution is 7.89. The number of benzene rings is 1. The molecule has 0 spiro atoms. The van der Waals surface area contributed by atoms with Gasteiger partial charge in [-0.2, -0.15) is 0 Å². The third-order valence-electron chi connectivity index (χ3n) is 4.58. The van der Waals surface area contributed by atoms with Crippen molar-refractivity contribution in [2.45, 2.75) is 23.8 Å². The minimum Gasteiger partial charge on any atom is -0.340 e. The Morgan fingerprint density at radius 2 is 1.93 bits per heavy atom. The zero-order chi connectivity index (χ0) is 20.5. The number of hydrogen-bond donors (Lipinski definition) is 2. The summed E-state index contributed by atoms with van der Waals surface area (Å²) in [6, 6.07) is 1.76. The quantitative estimate of drug-likeness (QED) is 0.623. The first-order valence-electron chi connectivity index (χ1n) is 8.52. The molecule has 0 aliphatic carbocycles. The Morgan fingerprint density at radius 3 is 2.54 bits per heavy atom. The number of nitrogens with zero attached hydrogens (tertiary/aromatic N) is 2. The summed E-state index contributed by atoms with van der Waals surface area (Å²) < 4.78 is 53.4. The van der Waals surface area contributed by atoms with Gasteiger partial charge >= 0.3 is 6.03 Å². The van der Waals surface area contributed by atoms with Crippen LogP contribution in [0.4, 0.5) is 13.6 Å². The zero-order valence-electron chi connectivity index (χ0n) is 14.7. The molecule has 0 bridgehead atoms. The van der Waals surface area contributed by atoms with Gasteiger partial charge in [0.25, 0.3) is 0 Å². The number of amides is 4. The maximum absolute atomic E-state index is 13.6. The molecule has 0 radical (unpaired) electrons. The number of rotatable bonds is 6. The molecule has 2 fully saturated rings. The molecule has 2 saturated heterocycles. The summed E-state index contributed by atoms with van der Waals surface area (Å²) in [5.74, 6) is -3.21. The van der Waals surface area contributed by atoms with Crippen molar-refractivity contribution in [3.8, 4) is 0 Å². The maximum Gasteiger partial charge on any atom is 0.324 e. The Morgan fingerprint density at radius 1 is 1.25 bits per heavy atom. The summed E-state index contributed by atoms with van der Waals surface area (Å²) in [4.78, 5) is 37.1.